The molecule has 2 heterocycles. The molecular formula is C18H18ClNS. The van der Waals surface area contributed by atoms with Gasteiger partial charge in [0.25, 0.3) is 0 Å². The van der Waals surface area contributed by atoms with Crippen LogP contribution in [0.3, 0.4) is 0 Å². The number of benzene rings is 2. The summed E-state index contributed by atoms with van der Waals surface area (Å²) >= 11 is 8.12. The third-order valence-corrected chi connectivity index (χ3v) is 5.96. The third-order valence-electron chi connectivity index (χ3n) is 4.52. The summed E-state index contributed by atoms with van der Waals surface area (Å²) in [5.74, 6) is 0. The van der Waals surface area contributed by atoms with E-state index in [0.717, 1.165) is 11.4 Å². The first-order chi connectivity index (χ1) is 10.3. The number of hydrogen-bond donors (Lipinski definition) is 0. The predicted octanol–water partition coefficient (Wildman–Crippen LogP) is 5.18. The quantitative estimate of drug-likeness (QED) is 0.713. The maximum absolute atomic E-state index is 6.23. The van der Waals surface area contributed by atoms with Crippen LogP contribution in [0.15, 0.2) is 52.3 Å². The highest BCUT2D eigenvalue weighted by atomic mass is 35.5. The summed E-state index contributed by atoms with van der Waals surface area (Å²) in [7, 11) is 0. The molecule has 0 saturated carbocycles. The van der Waals surface area contributed by atoms with Gasteiger partial charge in [-0.3, -0.25) is 4.90 Å². The molecule has 0 radical (unpaired) electrons. The molecule has 2 aliphatic heterocycles. The SMILES string of the molecule is Clc1ccc2c(c1)CC(N1CCCC1)c1ccccc1S2. The highest BCUT2D eigenvalue weighted by Gasteiger charge is 2.28. The Kier molecular flexibility index (Phi) is 3.70. The Labute approximate surface area is 135 Å². The maximum Gasteiger partial charge on any atom is 0.0409 e. The first-order valence-corrected chi connectivity index (χ1v) is 8.80. The maximum atomic E-state index is 6.23. The van der Waals surface area contributed by atoms with Crippen LogP contribution in [-0.4, -0.2) is 18.0 Å². The molecule has 1 atom stereocenters. The van der Waals surface area contributed by atoms with E-state index in [1.807, 2.05) is 17.8 Å². The van der Waals surface area contributed by atoms with Crippen molar-refractivity contribution in [3.05, 3.63) is 58.6 Å². The Bertz CT molecular complexity index is 664. The minimum atomic E-state index is 0.496. The lowest BCUT2D eigenvalue weighted by Gasteiger charge is -2.28. The number of hydrogen-bond acceptors (Lipinski definition) is 2. The van der Waals surface area contributed by atoms with Gasteiger partial charge >= 0.3 is 0 Å². The Morgan fingerprint density at radius 1 is 1.00 bits per heavy atom. The first kappa shape index (κ1) is 13.7. The van der Waals surface area contributed by atoms with E-state index in [-0.39, 0.29) is 0 Å². The van der Waals surface area contributed by atoms with Gasteiger partial charge in [0, 0.05) is 20.9 Å². The fourth-order valence-electron chi connectivity index (χ4n) is 3.47. The van der Waals surface area contributed by atoms with E-state index in [4.69, 9.17) is 11.6 Å². The second-order valence-electron chi connectivity index (χ2n) is 5.85. The molecule has 1 nitrogen and oxygen atoms in total. The Hall–Kier alpha value is -0.960. The van der Waals surface area contributed by atoms with Crippen molar-refractivity contribution in [2.24, 2.45) is 0 Å². The van der Waals surface area contributed by atoms with Gasteiger partial charge in [0.2, 0.25) is 0 Å². The van der Waals surface area contributed by atoms with Crippen molar-refractivity contribution in [2.75, 3.05) is 13.1 Å². The molecule has 108 valence electrons. The molecule has 1 saturated heterocycles. The van der Waals surface area contributed by atoms with E-state index in [2.05, 4.69) is 41.3 Å². The van der Waals surface area contributed by atoms with E-state index >= 15 is 0 Å². The molecule has 0 aromatic heterocycles. The fraction of sp³-hybridized carbons (Fsp3) is 0.333. The highest BCUT2D eigenvalue weighted by Crippen LogP contribution is 2.43. The van der Waals surface area contributed by atoms with Crippen molar-refractivity contribution in [1.29, 1.82) is 0 Å². The predicted molar refractivity (Wildman–Crippen MR) is 89.3 cm³/mol. The molecule has 2 aromatic rings. The number of nitrogens with zero attached hydrogens (tertiary/aromatic N) is 1. The molecule has 0 bridgehead atoms. The summed E-state index contributed by atoms with van der Waals surface area (Å²) < 4.78 is 0. The standard InChI is InChI=1S/C18H18ClNS/c19-14-7-8-17-13(11-14)12-16(20-9-3-4-10-20)15-5-1-2-6-18(15)21-17/h1-2,5-8,11,16H,3-4,9-10,12H2. The molecule has 3 heteroatoms. The monoisotopic (exact) mass is 315 g/mol. The van der Waals surface area contributed by atoms with Gasteiger partial charge in [0.05, 0.1) is 0 Å². The van der Waals surface area contributed by atoms with Crippen molar-refractivity contribution in [2.45, 2.75) is 35.1 Å². The van der Waals surface area contributed by atoms with Gasteiger partial charge in [-0.2, -0.15) is 0 Å². The zero-order valence-electron chi connectivity index (χ0n) is 11.9. The van der Waals surface area contributed by atoms with Crippen LogP contribution in [0.2, 0.25) is 5.02 Å². The van der Waals surface area contributed by atoms with Crippen LogP contribution >= 0.6 is 23.4 Å². The van der Waals surface area contributed by atoms with E-state index in [0.29, 0.717) is 6.04 Å². The summed E-state index contributed by atoms with van der Waals surface area (Å²) in [6.07, 6.45) is 3.72. The van der Waals surface area contributed by atoms with E-state index in [1.54, 1.807) is 0 Å². The van der Waals surface area contributed by atoms with Crippen molar-refractivity contribution in [3.63, 3.8) is 0 Å². The van der Waals surface area contributed by atoms with Crippen LogP contribution in [0, 0.1) is 0 Å². The van der Waals surface area contributed by atoms with Crippen molar-refractivity contribution < 1.29 is 0 Å². The van der Waals surface area contributed by atoms with Crippen molar-refractivity contribution >= 4 is 23.4 Å². The lowest BCUT2D eigenvalue weighted by Crippen LogP contribution is -2.27. The van der Waals surface area contributed by atoms with Gasteiger partial charge in [-0.15, -0.1) is 0 Å². The zero-order valence-corrected chi connectivity index (χ0v) is 13.5. The third kappa shape index (κ3) is 2.61. The van der Waals surface area contributed by atoms with Gasteiger partial charge in [0.15, 0.2) is 0 Å². The van der Waals surface area contributed by atoms with E-state index in [9.17, 15) is 0 Å². The van der Waals surface area contributed by atoms with Gasteiger partial charge < -0.3 is 0 Å². The summed E-state index contributed by atoms with van der Waals surface area (Å²) in [5, 5.41) is 0.848. The molecule has 1 unspecified atom stereocenters. The molecule has 0 aliphatic carbocycles. The topological polar surface area (TPSA) is 3.24 Å². The summed E-state index contributed by atoms with van der Waals surface area (Å²) in [6.45, 7) is 2.44. The largest absolute Gasteiger partial charge is 0.296 e. The number of halogens is 1. The van der Waals surface area contributed by atoms with Crippen LogP contribution in [0.5, 0.6) is 0 Å². The smallest absolute Gasteiger partial charge is 0.0409 e. The summed E-state index contributed by atoms with van der Waals surface area (Å²) in [4.78, 5) is 5.40. The Balaban J connectivity index is 1.82. The Morgan fingerprint density at radius 2 is 1.81 bits per heavy atom. The fourth-order valence-corrected chi connectivity index (χ4v) is 4.78. The second kappa shape index (κ2) is 5.68. The second-order valence-corrected chi connectivity index (χ2v) is 7.38. The highest BCUT2D eigenvalue weighted by molar-refractivity contribution is 7.99. The average Bonchev–Trinajstić information content (AvgIpc) is 2.97. The molecular weight excluding hydrogens is 298 g/mol. The van der Waals surface area contributed by atoms with Crippen LogP contribution < -0.4 is 0 Å². The zero-order chi connectivity index (χ0) is 14.2. The molecule has 0 spiro atoms. The normalized spacial score (nSPS) is 21.7. The van der Waals surface area contributed by atoms with Crippen LogP contribution in [0.25, 0.3) is 0 Å². The van der Waals surface area contributed by atoms with Gasteiger partial charge in [-0.05, 0) is 67.7 Å². The van der Waals surface area contributed by atoms with Gasteiger partial charge in [0.1, 0.15) is 0 Å². The Morgan fingerprint density at radius 3 is 2.67 bits per heavy atom. The molecule has 21 heavy (non-hydrogen) atoms. The van der Waals surface area contributed by atoms with Gasteiger partial charge in [-0.25, -0.2) is 0 Å². The van der Waals surface area contributed by atoms with Crippen molar-refractivity contribution in [3.8, 4) is 0 Å². The molecule has 0 amide bonds. The van der Waals surface area contributed by atoms with Crippen LogP contribution in [-0.2, 0) is 6.42 Å². The first-order valence-electron chi connectivity index (χ1n) is 7.60. The van der Waals surface area contributed by atoms with E-state index < -0.39 is 0 Å². The lowest BCUT2D eigenvalue weighted by molar-refractivity contribution is 0.241. The molecule has 4 rings (SSSR count). The lowest BCUT2D eigenvalue weighted by atomic mass is 9.97. The van der Waals surface area contributed by atoms with Crippen LogP contribution in [0.4, 0.5) is 0 Å². The minimum absolute atomic E-state index is 0.496. The number of likely N-dealkylation sites (tertiary alicyclic amines) is 1. The number of fused-ring (bicyclic) bond motifs is 2. The van der Waals surface area contributed by atoms with Crippen molar-refractivity contribution in [1.82, 2.24) is 4.90 Å². The summed E-state index contributed by atoms with van der Waals surface area (Å²) in [6, 6.07) is 15.7. The van der Waals surface area contributed by atoms with Gasteiger partial charge in [-0.1, -0.05) is 41.6 Å². The average molecular weight is 316 g/mol. The molecule has 2 aromatic carbocycles. The summed E-state index contributed by atoms with van der Waals surface area (Å²) in [5.41, 5.74) is 2.87. The molecule has 1 fully saturated rings. The van der Waals surface area contributed by atoms with E-state index in [1.165, 1.54) is 46.8 Å². The van der Waals surface area contributed by atoms with Crippen LogP contribution in [0.1, 0.15) is 30.0 Å². The molecule has 2 aliphatic rings. The number of rotatable bonds is 1. The molecule has 0 N–H and O–H groups in total. The minimum Gasteiger partial charge on any atom is -0.296 e.